The van der Waals surface area contributed by atoms with Crippen LogP contribution in [0.25, 0.3) is 11.1 Å². The molecule has 23 heavy (non-hydrogen) atoms. The van der Waals surface area contributed by atoms with Crippen LogP contribution in [0.1, 0.15) is 57.4 Å². The van der Waals surface area contributed by atoms with Crippen molar-refractivity contribution in [1.82, 2.24) is 0 Å². The highest BCUT2D eigenvalue weighted by atomic mass is 19.1. The molecule has 0 radical (unpaired) electrons. The van der Waals surface area contributed by atoms with Crippen LogP contribution in [0.4, 0.5) is 4.39 Å². The van der Waals surface area contributed by atoms with Crippen LogP contribution in [0.3, 0.4) is 0 Å². The zero-order valence-electron chi connectivity index (χ0n) is 14.0. The standard InChI is InChI=1S/C21H27FO/c1-2-3-4-5-6-7-8-9-17-10-12-18(13-11-17)19-14-15-21(23)20(22)16-19/h10-16,23H,2-9H2,1H3. The van der Waals surface area contributed by atoms with E-state index in [1.165, 1.54) is 62.6 Å². The summed E-state index contributed by atoms with van der Waals surface area (Å²) < 4.78 is 13.4. The Bertz CT molecular complexity index is 589. The van der Waals surface area contributed by atoms with Crippen molar-refractivity contribution in [2.75, 3.05) is 0 Å². The normalized spacial score (nSPS) is 10.9. The summed E-state index contributed by atoms with van der Waals surface area (Å²) in [5.41, 5.74) is 3.11. The van der Waals surface area contributed by atoms with Crippen LogP contribution in [0.15, 0.2) is 42.5 Å². The molecule has 0 unspecified atom stereocenters. The Morgan fingerprint density at radius 3 is 2.04 bits per heavy atom. The molecule has 0 aliphatic carbocycles. The molecular formula is C21H27FO. The van der Waals surface area contributed by atoms with Crippen molar-refractivity contribution in [3.05, 3.63) is 53.8 Å². The van der Waals surface area contributed by atoms with E-state index in [0.29, 0.717) is 0 Å². The summed E-state index contributed by atoms with van der Waals surface area (Å²) in [6.45, 7) is 2.25. The highest BCUT2D eigenvalue weighted by molar-refractivity contribution is 5.64. The third-order valence-electron chi connectivity index (χ3n) is 4.30. The summed E-state index contributed by atoms with van der Waals surface area (Å²) in [4.78, 5) is 0. The summed E-state index contributed by atoms with van der Waals surface area (Å²) in [5.74, 6) is -0.876. The molecule has 0 atom stereocenters. The van der Waals surface area contributed by atoms with Crippen LogP contribution in [0.5, 0.6) is 5.75 Å². The molecule has 0 amide bonds. The van der Waals surface area contributed by atoms with Crippen LogP contribution in [-0.2, 0) is 6.42 Å². The number of aromatic hydroxyl groups is 1. The smallest absolute Gasteiger partial charge is 0.165 e. The number of unbranched alkanes of at least 4 members (excludes halogenated alkanes) is 6. The molecule has 0 aliphatic heterocycles. The summed E-state index contributed by atoms with van der Waals surface area (Å²) in [7, 11) is 0. The fourth-order valence-corrected chi connectivity index (χ4v) is 2.84. The van der Waals surface area contributed by atoms with Gasteiger partial charge in [0, 0.05) is 0 Å². The van der Waals surface area contributed by atoms with E-state index in [-0.39, 0.29) is 5.75 Å². The molecule has 0 bridgehead atoms. The van der Waals surface area contributed by atoms with Crippen LogP contribution in [0.2, 0.25) is 0 Å². The van der Waals surface area contributed by atoms with Crippen LogP contribution in [-0.4, -0.2) is 5.11 Å². The first-order valence-electron chi connectivity index (χ1n) is 8.78. The molecule has 0 fully saturated rings. The average molecular weight is 314 g/mol. The Balaban J connectivity index is 1.79. The fourth-order valence-electron chi connectivity index (χ4n) is 2.84. The Morgan fingerprint density at radius 2 is 1.39 bits per heavy atom. The van der Waals surface area contributed by atoms with E-state index in [4.69, 9.17) is 0 Å². The number of hydrogen-bond acceptors (Lipinski definition) is 1. The van der Waals surface area contributed by atoms with E-state index in [9.17, 15) is 9.50 Å². The predicted octanol–water partition coefficient (Wildman–Crippen LogP) is 6.49. The second-order valence-electron chi connectivity index (χ2n) is 6.23. The van der Waals surface area contributed by atoms with Gasteiger partial charge in [0.1, 0.15) is 0 Å². The Hall–Kier alpha value is -1.83. The Kier molecular flexibility index (Phi) is 7.12. The van der Waals surface area contributed by atoms with Crippen molar-refractivity contribution < 1.29 is 9.50 Å². The predicted molar refractivity (Wildman–Crippen MR) is 95.2 cm³/mol. The van der Waals surface area contributed by atoms with Gasteiger partial charge in [0.15, 0.2) is 11.6 Å². The van der Waals surface area contributed by atoms with Crippen molar-refractivity contribution in [2.45, 2.75) is 58.3 Å². The van der Waals surface area contributed by atoms with Crippen LogP contribution in [0, 0.1) is 5.82 Å². The monoisotopic (exact) mass is 314 g/mol. The quantitative estimate of drug-likeness (QED) is 0.524. The molecule has 0 aromatic heterocycles. The minimum Gasteiger partial charge on any atom is -0.505 e. The summed E-state index contributed by atoms with van der Waals surface area (Å²) in [5, 5.41) is 9.25. The zero-order chi connectivity index (χ0) is 16.5. The second-order valence-corrected chi connectivity index (χ2v) is 6.23. The average Bonchev–Trinajstić information content (AvgIpc) is 2.57. The van der Waals surface area contributed by atoms with E-state index >= 15 is 0 Å². The number of benzene rings is 2. The first-order chi connectivity index (χ1) is 11.2. The van der Waals surface area contributed by atoms with Gasteiger partial charge >= 0.3 is 0 Å². The molecule has 2 aromatic rings. The minimum absolute atomic E-state index is 0.302. The van der Waals surface area contributed by atoms with Gasteiger partial charge in [-0.15, -0.1) is 0 Å². The van der Waals surface area contributed by atoms with Crippen molar-refractivity contribution in [3.63, 3.8) is 0 Å². The molecule has 1 nitrogen and oxygen atoms in total. The lowest BCUT2D eigenvalue weighted by Gasteiger charge is -2.06. The van der Waals surface area contributed by atoms with Gasteiger partial charge in [-0.2, -0.15) is 0 Å². The maximum Gasteiger partial charge on any atom is 0.165 e. The van der Waals surface area contributed by atoms with Crippen LogP contribution < -0.4 is 0 Å². The Morgan fingerprint density at radius 1 is 0.783 bits per heavy atom. The van der Waals surface area contributed by atoms with E-state index in [1.807, 2.05) is 12.1 Å². The lowest BCUT2D eigenvalue weighted by molar-refractivity contribution is 0.432. The molecule has 0 saturated heterocycles. The topological polar surface area (TPSA) is 20.2 Å². The number of phenolic OH excluding ortho intramolecular Hbond substituents is 1. The molecule has 0 heterocycles. The van der Waals surface area contributed by atoms with Gasteiger partial charge in [0.2, 0.25) is 0 Å². The van der Waals surface area contributed by atoms with E-state index in [2.05, 4.69) is 19.1 Å². The molecule has 0 aliphatic rings. The van der Waals surface area contributed by atoms with Gasteiger partial charge in [-0.3, -0.25) is 0 Å². The fraction of sp³-hybridized carbons (Fsp3) is 0.429. The highest BCUT2D eigenvalue weighted by Gasteiger charge is 2.04. The minimum atomic E-state index is -0.574. The first kappa shape index (κ1) is 17.5. The zero-order valence-corrected chi connectivity index (χ0v) is 14.0. The van der Waals surface area contributed by atoms with Gasteiger partial charge in [0.25, 0.3) is 0 Å². The van der Waals surface area contributed by atoms with E-state index in [1.54, 1.807) is 6.07 Å². The van der Waals surface area contributed by atoms with Crippen molar-refractivity contribution in [2.24, 2.45) is 0 Å². The number of phenols is 1. The van der Waals surface area contributed by atoms with Gasteiger partial charge in [0.05, 0.1) is 0 Å². The molecule has 2 rings (SSSR count). The third-order valence-corrected chi connectivity index (χ3v) is 4.30. The van der Waals surface area contributed by atoms with Crippen molar-refractivity contribution in [3.8, 4) is 16.9 Å². The molecule has 2 heteroatoms. The number of halogens is 1. The molecular weight excluding hydrogens is 287 g/mol. The lowest BCUT2D eigenvalue weighted by atomic mass is 10.0. The SMILES string of the molecule is CCCCCCCCCc1ccc(-c2ccc(O)c(F)c2)cc1. The van der Waals surface area contributed by atoms with E-state index in [0.717, 1.165) is 17.5 Å². The Labute approximate surface area is 139 Å². The third kappa shape index (κ3) is 5.70. The number of aryl methyl sites for hydroxylation is 1. The summed E-state index contributed by atoms with van der Waals surface area (Å²) in [6.07, 6.45) is 10.4. The van der Waals surface area contributed by atoms with Crippen LogP contribution >= 0.6 is 0 Å². The first-order valence-corrected chi connectivity index (χ1v) is 8.78. The number of rotatable bonds is 9. The largest absolute Gasteiger partial charge is 0.505 e. The van der Waals surface area contributed by atoms with Gasteiger partial charge in [-0.1, -0.05) is 75.8 Å². The maximum absolute atomic E-state index is 13.4. The molecule has 2 aromatic carbocycles. The molecule has 1 N–H and O–H groups in total. The second kappa shape index (κ2) is 9.34. The van der Waals surface area contributed by atoms with Crippen molar-refractivity contribution >= 4 is 0 Å². The molecule has 0 spiro atoms. The highest BCUT2D eigenvalue weighted by Crippen LogP contribution is 2.25. The molecule has 0 saturated carbocycles. The van der Waals surface area contributed by atoms with E-state index < -0.39 is 5.82 Å². The maximum atomic E-state index is 13.4. The van der Waals surface area contributed by atoms with Crippen molar-refractivity contribution in [1.29, 1.82) is 0 Å². The summed E-state index contributed by atoms with van der Waals surface area (Å²) in [6, 6.07) is 12.8. The van der Waals surface area contributed by atoms with Gasteiger partial charge in [-0.25, -0.2) is 4.39 Å². The number of hydrogen-bond donors (Lipinski definition) is 1. The lowest BCUT2D eigenvalue weighted by Crippen LogP contribution is -1.87. The summed E-state index contributed by atoms with van der Waals surface area (Å²) >= 11 is 0. The van der Waals surface area contributed by atoms with Gasteiger partial charge < -0.3 is 5.11 Å². The van der Waals surface area contributed by atoms with Gasteiger partial charge in [-0.05, 0) is 41.7 Å². The molecule has 124 valence electrons.